The Hall–Kier alpha value is -0.370. The summed E-state index contributed by atoms with van der Waals surface area (Å²) in [7, 11) is 0. The largest absolute Gasteiger partial charge is 0.315 e. The van der Waals surface area contributed by atoms with Gasteiger partial charge in [-0.05, 0) is 19.4 Å². The SMILES string of the molecule is CCCC(=O)CCCNC(C)C. The van der Waals surface area contributed by atoms with Crippen LogP contribution in [0.25, 0.3) is 0 Å². The third-order valence-electron chi connectivity index (χ3n) is 1.71. The molecule has 0 atom stereocenters. The Kier molecular flexibility index (Phi) is 7.06. The Morgan fingerprint density at radius 3 is 2.50 bits per heavy atom. The van der Waals surface area contributed by atoms with E-state index < -0.39 is 0 Å². The molecule has 0 bridgehead atoms. The molecule has 0 aromatic carbocycles. The van der Waals surface area contributed by atoms with Crippen molar-refractivity contribution < 1.29 is 4.79 Å². The van der Waals surface area contributed by atoms with Gasteiger partial charge in [-0.1, -0.05) is 20.8 Å². The fourth-order valence-corrected chi connectivity index (χ4v) is 1.08. The van der Waals surface area contributed by atoms with E-state index in [9.17, 15) is 4.79 Å². The number of carbonyl (C=O) groups excluding carboxylic acids is 1. The zero-order valence-electron chi connectivity index (χ0n) is 8.52. The summed E-state index contributed by atoms with van der Waals surface area (Å²) in [6.07, 6.45) is 3.46. The van der Waals surface area contributed by atoms with E-state index in [-0.39, 0.29) is 0 Å². The van der Waals surface area contributed by atoms with Gasteiger partial charge < -0.3 is 5.32 Å². The maximum atomic E-state index is 11.1. The highest BCUT2D eigenvalue weighted by molar-refractivity contribution is 5.78. The molecule has 0 fully saturated rings. The quantitative estimate of drug-likeness (QED) is 0.595. The van der Waals surface area contributed by atoms with Crippen LogP contribution >= 0.6 is 0 Å². The average molecular weight is 171 g/mol. The summed E-state index contributed by atoms with van der Waals surface area (Å²) < 4.78 is 0. The summed E-state index contributed by atoms with van der Waals surface area (Å²) in [6.45, 7) is 7.25. The predicted molar refractivity (Wildman–Crippen MR) is 52.3 cm³/mol. The van der Waals surface area contributed by atoms with Crippen LogP contribution in [-0.4, -0.2) is 18.4 Å². The van der Waals surface area contributed by atoms with Gasteiger partial charge in [-0.25, -0.2) is 0 Å². The third kappa shape index (κ3) is 7.73. The lowest BCUT2D eigenvalue weighted by atomic mass is 10.1. The van der Waals surface area contributed by atoms with E-state index in [2.05, 4.69) is 19.2 Å². The summed E-state index contributed by atoms with van der Waals surface area (Å²) in [5.41, 5.74) is 0. The average Bonchev–Trinajstić information content (AvgIpc) is 1.98. The van der Waals surface area contributed by atoms with Crippen molar-refractivity contribution in [1.29, 1.82) is 0 Å². The van der Waals surface area contributed by atoms with Crippen LogP contribution in [0.2, 0.25) is 0 Å². The molecular weight excluding hydrogens is 150 g/mol. The molecule has 0 radical (unpaired) electrons. The fourth-order valence-electron chi connectivity index (χ4n) is 1.08. The number of Topliss-reactive ketones (excluding diaryl/α,β-unsaturated/α-hetero) is 1. The molecule has 12 heavy (non-hydrogen) atoms. The van der Waals surface area contributed by atoms with Gasteiger partial charge in [0.25, 0.3) is 0 Å². The van der Waals surface area contributed by atoms with E-state index in [4.69, 9.17) is 0 Å². The highest BCUT2D eigenvalue weighted by Gasteiger charge is 1.99. The van der Waals surface area contributed by atoms with Gasteiger partial charge in [0.15, 0.2) is 0 Å². The van der Waals surface area contributed by atoms with Gasteiger partial charge in [0.05, 0.1) is 0 Å². The first-order chi connectivity index (χ1) is 5.66. The van der Waals surface area contributed by atoms with Gasteiger partial charge in [0.1, 0.15) is 5.78 Å². The fraction of sp³-hybridized carbons (Fsp3) is 0.900. The van der Waals surface area contributed by atoms with Crippen LogP contribution in [0.3, 0.4) is 0 Å². The Balaban J connectivity index is 3.14. The van der Waals surface area contributed by atoms with Crippen molar-refractivity contribution in [1.82, 2.24) is 5.32 Å². The Morgan fingerprint density at radius 1 is 1.33 bits per heavy atom. The first-order valence-corrected chi connectivity index (χ1v) is 4.92. The monoisotopic (exact) mass is 171 g/mol. The van der Waals surface area contributed by atoms with Crippen molar-refractivity contribution in [2.45, 2.75) is 52.5 Å². The minimum atomic E-state index is 0.406. The first kappa shape index (κ1) is 11.6. The lowest BCUT2D eigenvalue weighted by Gasteiger charge is -2.06. The Labute approximate surface area is 75.7 Å². The van der Waals surface area contributed by atoms with Gasteiger partial charge in [0.2, 0.25) is 0 Å². The van der Waals surface area contributed by atoms with Crippen molar-refractivity contribution in [2.75, 3.05) is 6.54 Å². The summed E-state index contributed by atoms with van der Waals surface area (Å²) in [5.74, 6) is 0.406. The van der Waals surface area contributed by atoms with Gasteiger partial charge in [-0.2, -0.15) is 0 Å². The molecule has 1 N–H and O–H groups in total. The predicted octanol–water partition coefficient (Wildman–Crippen LogP) is 2.13. The zero-order valence-corrected chi connectivity index (χ0v) is 8.52. The molecule has 0 spiro atoms. The second kappa shape index (κ2) is 7.29. The molecule has 0 heterocycles. The molecule has 0 aromatic rings. The van der Waals surface area contributed by atoms with Crippen molar-refractivity contribution in [3.63, 3.8) is 0 Å². The minimum absolute atomic E-state index is 0.406. The molecule has 0 amide bonds. The van der Waals surface area contributed by atoms with Gasteiger partial charge in [-0.3, -0.25) is 4.79 Å². The molecule has 2 heteroatoms. The van der Waals surface area contributed by atoms with Crippen LogP contribution in [0, 0.1) is 0 Å². The van der Waals surface area contributed by atoms with Crippen molar-refractivity contribution in [3.8, 4) is 0 Å². The van der Waals surface area contributed by atoms with Crippen molar-refractivity contribution >= 4 is 5.78 Å². The normalized spacial score (nSPS) is 10.7. The van der Waals surface area contributed by atoms with Gasteiger partial charge >= 0.3 is 0 Å². The van der Waals surface area contributed by atoms with Crippen molar-refractivity contribution in [3.05, 3.63) is 0 Å². The van der Waals surface area contributed by atoms with Gasteiger partial charge in [0, 0.05) is 18.9 Å². The second-order valence-electron chi connectivity index (χ2n) is 3.50. The van der Waals surface area contributed by atoms with Gasteiger partial charge in [-0.15, -0.1) is 0 Å². The molecule has 0 rings (SSSR count). The Bertz CT molecular complexity index is 121. The van der Waals surface area contributed by atoms with Crippen LogP contribution in [0.5, 0.6) is 0 Å². The number of rotatable bonds is 7. The van der Waals surface area contributed by atoms with Crippen molar-refractivity contribution in [2.24, 2.45) is 0 Å². The topological polar surface area (TPSA) is 29.1 Å². The second-order valence-corrected chi connectivity index (χ2v) is 3.50. The van der Waals surface area contributed by atoms with E-state index in [1.165, 1.54) is 0 Å². The van der Waals surface area contributed by atoms with E-state index in [1.54, 1.807) is 0 Å². The lowest BCUT2D eigenvalue weighted by molar-refractivity contribution is -0.119. The number of ketones is 1. The maximum Gasteiger partial charge on any atom is 0.132 e. The molecular formula is C10H21NO. The maximum absolute atomic E-state index is 11.1. The number of hydrogen-bond donors (Lipinski definition) is 1. The van der Waals surface area contributed by atoms with E-state index in [0.29, 0.717) is 11.8 Å². The highest BCUT2D eigenvalue weighted by Crippen LogP contribution is 1.97. The molecule has 2 nitrogen and oxygen atoms in total. The first-order valence-electron chi connectivity index (χ1n) is 4.92. The van der Waals surface area contributed by atoms with E-state index in [1.807, 2.05) is 6.92 Å². The van der Waals surface area contributed by atoms with Crippen LogP contribution in [-0.2, 0) is 4.79 Å². The van der Waals surface area contributed by atoms with Crippen LogP contribution < -0.4 is 5.32 Å². The standard InChI is InChI=1S/C10H21NO/c1-4-6-10(12)7-5-8-11-9(2)3/h9,11H,4-8H2,1-3H3. The summed E-state index contributed by atoms with van der Waals surface area (Å²) in [5, 5.41) is 3.29. The third-order valence-corrected chi connectivity index (χ3v) is 1.71. The molecule has 0 aliphatic rings. The van der Waals surface area contributed by atoms with Crippen LogP contribution in [0.15, 0.2) is 0 Å². The molecule has 72 valence electrons. The minimum Gasteiger partial charge on any atom is -0.315 e. The zero-order chi connectivity index (χ0) is 9.40. The molecule has 0 saturated heterocycles. The smallest absolute Gasteiger partial charge is 0.132 e. The summed E-state index contributed by atoms with van der Waals surface area (Å²) >= 11 is 0. The molecule has 0 aliphatic carbocycles. The molecule has 0 aliphatic heterocycles. The molecule has 0 saturated carbocycles. The Morgan fingerprint density at radius 2 is 2.00 bits per heavy atom. The number of nitrogens with one attached hydrogen (secondary N) is 1. The number of hydrogen-bond acceptors (Lipinski definition) is 2. The summed E-state index contributed by atoms with van der Waals surface area (Å²) in [6, 6.07) is 0.534. The van der Waals surface area contributed by atoms with Crippen LogP contribution in [0.1, 0.15) is 46.5 Å². The molecule has 0 aromatic heterocycles. The molecule has 0 unspecified atom stereocenters. The van der Waals surface area contributed by atoms with Crippen LogP contribution in [0.4, 0.5) is 0 Å². The lowest BCUT2D eigenvalue weighted by Crippen LogP contribution is -2.24. The summed E-state index contributed by atoms with van der Waals surface area (Å²) in [4.78, 5) is 11.1. The van der Waals surface area contributed by atoms with E-state index >= 15 is 0 Å². The highest BCUT2D eigenvalue weighted by atomic mass is 16.1. The number of carbonyl (C=O) groups is 1. The van der Waals surface area contributed by atoms with E-state index in [0.717, 1.165) is 32.2 Å².